The summed E-state index contributed by atoms with van der Waals surface area (Å²) < 4.78 is 21.2. The molecular weight excluding hydrogens is 391 g/mol. The smallest absolute Gasteiger partial charge is 0.284 e. The van der Waals surface area contributed by atoms with Gasteiger partial charge in [0.05, 0.1) is 12.3 Å². The second-order valence-electron chi connectivity index (χ2n) is 6.34. The highest BCUT2D eigenvalue weighted by Crippen LogP contribution is 2.17. The zero-order valence-corrected chi connectivity index (χ0v) is 15.9. The van der Waals surface area contributed by atoms with Crippen LogP contribution in [0.2, 0.25) is 0 Å². The van der Waals surface area contributed by atoms with Crippen LogP contribution in [0.1, 0.15) is 6.92 Å². The number of hydrogen-bond acceptors (Lipinski definition) is 6. The van der Waals surface area contributed by atoms with Crippen molar-refractivity contribution in [1.82, 2.24) is 24.5 Å². The van der Waals surface area contributed by atoms with Crippen molar-refractivity contribution in [1.29, 1.82) is 0 Å². The second-order valence-corrected chi connectivity index (χ2v) is 6.34. The molecule has 0 bridgehead atoms. The lowest BCUT2D eigenvalue weighted by atomic mass is 10.3. The van der Waals surface area contributed by atoms with Crippen molar-refractivity contribution in [2.75, 3.05) is 11.9 Å². The van der Waals surface area contributed by atoms with Crippen molar-refractivity contribution in [2.24, 2.45) is 0 Å². The Morgan fingerprint density at radius 3 is 2.73 bits per heavy atom. The van der Waals surface area contributed by atoms with Crippen LogP contribution >= 0.6 is 0 Å². The summed E-state index contributed by atoms with van der Waals surface area (Å²) in [5, 5.41) is 10.5. The Bertz CT molecular complexity index is 1270. The first-order chi connectivity index (χ1) is 14.5. The highest BCUT2D eigenvalue weighted by atomic mass is 19.1. The van der Waals surface area contributed by atoms with Gasteiger partial charge in [0.15, 0.2) is 11.2 Å². The van der Waals surface area contributed by atoms with Gasteiger partial charge in [0.2, 0.25) is 5.91 Å². The number of rotatable bonds is 6. The number of nitrogens with one attached hydrogen (secondary N) is 1. The molecule has 9 nitrogen and oxygen atoms in total. The summed E-state index contributed by atoms with van der Waals surface area (Å²) >= 11 is 0. The van der Waals surface area contributed by atoms with Crippen LogP contribution < -0.4 is 15.6 Å². The molecule has 0 unspecified atom stereocenters. The molecule has 0 saturated heterocycles. The molecule has 0 spiro atoms. The minimum atomic E-state index is -0.508. The van der Waals surface area contributed by atoms with E-state index in [1.807, 2.05) is 6.92 Å². The summed E-state index contributed by atoms with van der Waals surface area (Å²) in [4.78, 5) is 29.2. The van der Waals surface area contributed by atoms with Gasteiger partial charge in [-0.25, -0.2) is 9.37 Å². The fourth-order valence-corrected chi connectivity index (χ4v) is 2.90. The lowest BCUT2D eigenvalue weighted by Crippen LogP contribution is -2.28. The molecule has 2 aromatic heterocycles. The maximum absolute atomic E-state index is 13.2. The highest BCUT2D eigenvalue weighted by Gasteiger charge is 2.15. The molecular formula is C20H17FN6O3. The lowest BCUT2D eigenvalue weighted by Gasteiger charge is -2.07. The normalized spacial score (nSPS) is 10.9. The third-order valence-corrected chi connectivity index (χ3v) is 4.24. The molecule has 0 radical (unpaired) electrons. The minimum absolute atomic E-state index is 0.0324. The van der Waals surface area contributed by atoms with Crippen LogP contribution in [0.4, 0.5) is 10.1 Å². The van der Waals surface area contributed by atoms with Crippen molar-refractivity contribution in [3.05, 3.63) is 71.0 Å². The number of hydrogen-bond donors (Lipinski definition) is 1. The van der Waals surface area contributed by atoms with Gasteiger partial charge in [0.25, 0.3) is 5.56 Å². The van der Waals surface area contributed by atoms with Crippen molar-refractivity contribution in [3.63, 3.8) is 0 Å². The molecule has 0 atom stereocenters. The second kappa shape index (κ2) is 8.11. The Hall–Kier alpha value is -4.08. The molecule has 30 heavy (non-hydrogen) atoms. The molecule has 4 rings (SSSR count). The number of carbonyl (C=O) groups is 1. The molecule has 4 aromatic rings. The molecule has 0 aliphatic rings. The van der Waals surface area contributed by atoms with Gasteiger partial charge < -0.3 is 10.1 Å². The standard InChI is InChI=1S/C20H17FN6O3/c1-2-30-16-8-6-15(7-9-16)27-19-18(24-25-27)20(29)26(12-22-19)11-17(28)23-14-5-3-4-13(21)10-14/h3-10,12H,2,11H2,1H3,(H,23,28). The molecule has 0 fully saturated rings. The molecule has 1 N–H and O–H groups in total. The maximum atomic E-state index is 13.2. The third-order valence-electron chi connectivity index (χ3n) is 4.24. The Morgan fingerprint density at radius 1 is 1.20 bits per heavy atom. The van der Waals surface area contributed by atoms with E-state index in [1.54, 1.807) is 30.3 Å². The van der Waals surface area contributed by atoms with E-state index in [0.29, 0.717) is 23.7 Å². The summed E-state index contributed by atoms with van der Waals surface area (Å²) in [5.74, 6) is -0.257. The average Bonchev–Trinajstić information content (AvgIpc) is 3.16. The molecule has 0 saturated carbocycles. The van der Waals surface area contributed by atoms with Crippen LogP contribution in [0.25, 0.3) is 16.9 Å². The van der Waals surface area contributed by atoms with Gasteiger partial charge in [-0.15, -0.1) is 5.10 Å². The summed E-state index contributed by atoms with van der Waals surface area (Å²) in [6, 6.07) is 12.6. The first kappa shape index (κ1) is 19.2. The Labute approximate surface area is 169 Å². The van der Waals surface area contributed by atoms with E-state index in [-0.39, 0.29) is 17.7 Å². The summed E-state index contributed by atoms with van der Waals surface area (Å²) in [7, 11) is 0. The fourth-order valence-electron chi connectivity index (χ4n) is 2.90. The van der Waals surface area contributed by atoms with Crippen molar-refractivity contribution < 1.29 is 13.9 Å². The van der Waals surface area contributed by atoms with Crippen molar-refractivity contribution in [2.45, 2.75) is 13.5 Å². The molecule has 10 heteroatoms. The van der Waals surface area contributed by atoms with Gasteiger partial charge in [-0.3, -0.25) is 14.2 Å². The minimum Gasteiger partial charge on any atom is -0.494 e. The first-order valence-electron chi connectivity index (χ1n) is 9.14. The Balaban J connectivity index is 1.57. The number of ether oxygens (including phenoxy) is 1. The first-order valence-corrected chi connectivity index (χ1v) is 9.14. The zero-order chi connectivity index (χ0) is 21.1. The van der Waals surface area contributed by atoms with E-state index in [4.69, 9.17) is 4.74 Å². The summed E-state index contributed by atoms with van der Waals surface area (Å²) in [6.45, 7) is 2.15. The number of carbonyl (C=O) groups excluding carboxylic acids is 1. The maximum Gasteiger partial charge on any atom is 0.284 e. The predicted molar refractivity (Wildman–Crippen MR) is 107 cm³/mol. The van der Waals surface area contributed by atoms with Crippen LogP contribution in [-0.2, 0) is 11.3 Å². The topological polar surface area (TPSA) is 104 Å². The number of halogens is 1. The molecule has 0 aliphatic carbocycles. The van der Waals surface area contributed by atoms with Crippen molar-refractivity contribution >= 4 is 22.8 Å². The highest BCUT2D eigenvalue weighted by molar-refractivity contribution is 5.90. The van der Waals surface area contributed by atoms with Crippen LogP contribution in [0.3, 0.4) is 0 Å². The Kier molecular flexibility index (Phi) is 5.21. The van der Waals surface area contributed by atoms with E-state index in [2.05, 4.69) is 20.6 Å². The number of nitrogens with zero attached hydrogens (tertiary/aromatic N) is 5. The van der Waals surface area contributed by atoms with E-state index < -0.39 is 17.3 Å². The largest absolute Gasteiger partial charge is 0.494 e. The summed E-state index contributed by atoms with van der Waals surface area (Å²) in [6.07, 6.45) is 1.25. The van der Waals surface area contributed by atoms with E-state index in [0.717, 1.165) is 4.57 Å². The van der Waals surface area contributed by atoms with Gasteiger partial charge in [0, 0.05) is 5.69 Å². The van der Waals surface area contributed by atoms with Gasteiger partial charge in [-0.05, 0) is 49.4 Å². The predicted octanol–water partition coefficient (Wildman–Crippen LogP) is 2.15. The van der Waals surface area contributed by atoms with E-state index in [1.165, 1.54) is 29.2 Å². The zero-order valence-electron chi connectivity index (χ0n) is 15.9. The molecule has 2 aromatic carbocycles. The van der Waals surface area contributed by atoms with Crippen LogP contribution in [-0.4, -0.2) is 37.1 Å². The SMILES string of the molecule is CCOc1ccc(-n2nnc3c(=O)n(CC(=O)Nc4cccc(F)c4)cnc32)cc1. The average molecular weight is 408 g/mol. The van der Waals surface area contributed by atoms with Gasteiger partial charge in [-0.1, -0.05) is 11.3 Å². The number of anilines is 1. The summed E-state index contributed by atoms with van der Waals surface area (Å²) in [5.41, 5.74) is 0.750. The van der Waals surface area contributed by atoms with Crippen LogP contribution in [0.5, 0.6) is 5.75 Å². The van der Waals surface area contributed by atoms with Crippen LogP contribution in [0.15, 0.2) is 59.7 Å². The van der Waals surface area contributed by atoms with Crippen LogP contribution in [0, 0.1) is 5.82 Å². The fraction of sp³-hybridized carbons (Fsp3) is 0.150. The van der Waals surface area contributed by atoms with Gasteiger partial charge in [-0.2, -0.15) is 4.68 Å². The quantitative estimate of drug-likeness (QED) is 0.524. The number of fused-ring (bicyclic) bond motifs is 1. The number of amides is 1. The lowest BCUT2D eigenvalue weighted by molar-refractivity contribution is -0.116. The van der Waals surface area contributed by atoms with E-state index >= 15 is 0 Å². The monoisotopic (exact) mass is 408 g/mol. The molecule has 152 valence electrons. The number of benzene rings is 2. The number of aromatic nitrogens is 5. The molecule has 1 amide bonds. The molecule has 2 heterocycles. The van der Waals surface area contributed by atoms with E-state index in [9.17, 15) is 14.0 Å². The van der Waals surface area contributed by atoms with Crippen molar-refractivity contribution in [3.8, 4) is 11.4 Å². The van der Waals surface area contributed by atoms with Gasteiger partial charge >= 0.3 is 0 Å². The van der Waals surface area contributed by atoms with Gasteiger partial charge in [0.1, 0.15) is 24.4 Å². The molecule has 0 aliphatic heterocycles. The third kappa shape index (κ3) is 3.88. The Morgan fingerprint density at radius 2 is 2.00 bits per heavy atom.